The fraction of sp³-hybridized carbons (Fsp3) is 1.00. The Balaban J connectivity index is 0. The van der Waals surface area contributed by atoms with Crippen LogP contribution in [-0.2, 0) is 0 Å². The summed E-state index contributed by atoms with van der Waals surface area (Å²) in [7, 11) is 0. The Kier molecular flexibility index (Phi) is 11.1. The Hall–Kier alpha value is 0.540. The van der Waals surface area contributed by atoms with Gasteiger partial charge in [0.15, 0.2) is 0 Å². The topological polar surface area (TPSA) is 12.0 Å². The van der Waals surface area contributed by atoms with Gasteiger partial charge in [0.2, 0.25) is 0 Å². The van der Waals surface area contributed by atoms with Gasteiger partial charge in [0, 0.05) is 6.04 Å². The zero-order valence-corrected chi connectivity index (χ0v) is 9.13. The summed E-state index contributed by atoms with van der Waals surface area (Å²) in [4.78, 5) is 0. The third-order valence-corrected chi connectivity index (χ3v) is 1.72. The van der Waals surface area contributed by atoms with Crippen LogP contribution in [0.1, 0.15) is 40.0 Å². The molecule has 2 atom stereocenters. The molecule has 1 N–H and O–H groups in total. The maximum atomic E-state index is 5.78. The highest BCUT2D eigenvalue weighted by Crippen LogP contribution is 2.03. The van der Waals surface area contributed by atoms with E-state index in [4.69, 9.17) is 11.6 Å². The predicted molar refractivity (Wildman–Crippen MR) is 54.7 cm³/mol. The zero-order valence-electron chi connectivity index (χ0n) is 7.56. The fourth-order valence-corrected chi connectivity index (χ4v) is 1.26. The van der Waals surface area contributed by atoms with Crippen molar-refractivity contribution in [3.8, 4) is 0 Å². The van der Waals surface area contributed by atoms with Crippen LogP contribution in [-0.4, -0.2) is 11.5 Å². The molecule has 0 aliphatic rings. The first-order valence-electron chi connectivity index (χ1n) is 4.10. The van der Waals surface area contributed by atoms with E-state index < -0.39 is 0 Å². The van der Waals surface area contributed by atoms with Crippen molar-refractivity contribution in [3.63, 3.8) is 0 Å². The van der Waals surface area contributed by atoms with Crippen molar-refractivity contribution in [2.24, 2.45) is 0 Å². The lowest BCUT2D eigenvalue weighted by Crippen LogP contribution is -2.32. The number of hydrogen-bond donors (Lipinski definition) is 1. The summed E-state index contributed by atoms with van der Waals surface area (Å²) < 4.78 is 0. The van der Waals surface area contributed by atoms with Gasteiger partial charge in [-0.15, -0.1) is 24.0 Å². The molecule has 0 aliphatic carbocycles. The lowest BCUT2D eigenvalue weighted by atomic mass is 10.1. The Bertz CT molecular complexity index is 76.5. The van der Waals surface area contributed by atoms with Crippen molar-refractivity contribution in [1.82, 2.24) is 5.32 Å². The van der Waals surface area contributed by atoms with Crippen LogP contribution in [0.25, 0.3) is 0 Å². The van der Waals surface area contributed by atoms with Crippen molar-refractivity contribution in [2.45, 2.75) is 51.6 Å². The minimum atomic E-state index is 0. The molecule has 0 radical (unpaired) electrons. The molecule has 2 unspecified atom stereocenters. The van der Waals surface area contributed by atoms with Crippen molar-refractivity contribution >= 4 is 24.0 Å². The number of nitrogens with one attached hydrogen (secondary N) is 1. The van der Waals surface area contributed by atoms with Gasteiger partial charge in [-0.25, -0.2) is 0 Å². The third-order valence-electron chi connectivity index (χ3n) is 1.60. The van der Waals surface area contributed by atoms with Crippen LogP contribution in [0.4, 0.5) is 0 Å². The average molecular weight is 200 g/mol. The van der Waals surface area contributed by atoms with Gasteiger partial charge in [-0.1, -0.05) is 20.3 Å². The van der Waals surface area contributed by atoms with Crippen LogP contribution >= 0.6 is 24.0 Å². The molecule has 0 amide bonds. The number of rotatable bonds is 5. The molecule has 0 aromatic rings. The van der Waals surface area contributed by atoms with E-state index >= 15 is 0 Å². The maximum absolute atomic E-state index is 5.78. The fourth-order valence-electron chi connectivity index (χ4n) is 1.08. The van der Waals surface area contributed by atoms with Gasteiger partial charge in [0.05, 0.1) is 5.50 Å². The standard InChI is InChI=1S/C8H18ClN.ClH/c1-4-6-8(5-2)10-7(3)9;/h7-8,10H,4-6H2,1-3H3;1H. The van der Waals surface area contributed by atoms with Crippen molar-refractivity contribution in [1.29, 1.82) is 0 Å². The maximum Gasteiger partial charge on any atom is 0.0798 e. The molecule has 0 rings (SSSR count). The first kappa shape index (κ1) is 14.1. The number of halogens is 2. The van der Waals surface area contributed by atoms with Crippen LogP contribution in [0.2, 0.25) is 0 Å². The number of hydrogen-bond acceptors (Lipinski definition) is 1. The van der Waals surface area contributed by atoms with Gasteiger partial charge >= 0.3 is 0 Å². The van der Waals surface area contributed by atoms with Crippen LogP contribution in [0.3, 0.4) is 0 Å². The van der Waals surface area contributed by atoms with Gasteiger partial charge in [0.1, 0.15) is 0 Å². The second-order valence-corrected chi connectivity index (χ2v) is 3.33. The van der Waals surface area contributed by atoms with E-state index in [0.29, 0.717) is 6.04 Å². The average Bonchev–Trinajstić information content (AvgIpc) is 1.86. The molecule has 0 spiro atoms. The van der Waals surface area contributed by atoms with E-state index in [1.165, 1.54) is 19.3 Å². The van der Waals surface area contributed by atoms with Crippen molar-refractivity contribution < 1.29 is 0 Å². The second kappa shape index (κ2) is 8.63. The van der Waals surface area contributed by atoms with Gasteiger partial charge in [-0.2, -0.15) is 0 Å². The predicted octanol–water partition coefficient (Wildman–Crippen LogP) is 3.16. The summed E-state index contributed by atoms with van der Waals surface area (Å²) in [6.45, 7) is 6.36. The molecule has 0 saturated carbocycles. The second-order valence-electron chi connectivity index (χ2n) is 2.68. The molecule has 0 heterocycles. The highest BCUT2D eigenvalue weighted by Gasteiger charge is 2.05. The van der Waals surface area contributed by atoms with Crippen molar-refractivity contribution in [3.05, 3.63) is 0 Å². The van der Waals surface area contributed by atoms with Crippen LogP contribution in [0.5, 0.6) is 0 Å². The molecule has 0 bridgehead atoms. The molecule has 70 valence electrons. The van der Waals surface area contributed by atoms with E-state index in [2.05, 4.69) is 19.2 Å². The largest absolute Gasteiger partial charge is 0.299 e. The number of alkyl halides is 1. The smallest absolute Gasteiger partial charge is 0.0798 e. The summed E-state index contributed by atoms with van der Waals surface area (Å²) in [6.07, 6.45) is 3.63. The first-order valence-corrected chi connectivity index (χ1v) is 4.54. The van der Waals surface area contributed by atoms with E-state index in [-0.39, 0.29) is 17.9 Å². The summed E-state index contributed by atoms with van der Waals surface area (Å²) >= 11 is 5.78. The van der Waals surface area contributed by atoms with E-state index in [1.54, 1.807) is 0 Å². The molecule has 3 heteroatoms. The van der Waals surface area contributed by atoms with E-state index in [0.717, 1.165) is 0 Å². The van der Waals surface area contributed by atoms with Crippen LogP contribution in [0.15, 0.2) is 0 Å². The monoisotopic (exact) mass is 199 g/mol. The molecule has 0 aromatic carbocycles. The molecular weight excluding hydrogens is 181 g/mol. The summed E-state index contributed by atoms with van der Waals surface area (Å²) in [6, 6.07) is 0.609. The van der Waals surface area contributed by atoms with Crippen LogP contribution in [0, 0.1) is 0 Å². The molecule has 0 saturated heterocycles. The Morgan fingerprint density at radius 1 is 1.36 bits per heavy atom. The zero-order chi connectivity index (χ0) is 7.98. The van der Waals surface area contributed by atoms with Crippen molar-refractivity contribution in [2.75, 3.05) is 0 Å². The summed E-state index contributed by atoms with van der Waals surface area (Å²) in [5.74, 6) is 0. The Morgan fingerprint density at radius 2 is 1.91 bits per heavy atom. The van der Waals surface area contributed by atoms with Gasteiger partial charge in [-0.05, 0) is 19.8 Å². The lowest BCUT2D eigenvalue weighted by Gasteiger charge is -2.17. The van der Waals surface area contributed by atoms with Gasteiger partial charge in [-0.3, -0.25) is 5.32 Å². The quantitative estimate of drug-likeness (QED) is 0.531. The highest BCUT2D eigenvalue weighted by atomic mass is 35.5. The molecule has 11 heavy (non-hydrogen) atoms. The van der Waals surface area contributed by atoms with Crippen LogP contribution < -0.4 is 5.32 Å². The Labute approximate surface area is 81.3 Å². The molecular formula is C8H19Cl2N. The highest BCUT2D eigenvalue weighted by molar-refractivity contribution is 6.20. The first-order chi connectivity index (χ1) is 4.70. The molecule has 1 nitrogen and oxygen atoms in total. The SMILES string of the molecule is CCCC(CC)NC(C)Cl.Cl. The summed E-state index contributed by atoms with van der Waals surface area (Å²) in [5.41, 5.74) is 0.108. The van der Waals surface area contributed by atoms with E-state index in [1.807, 2.05) is 6.92 Å². The molecule has 0 fully saturated rings. The minimum absolute atomic E-state index is 0. The third kappa shape index (κ3) is 8.45. The van der Waals surface area contributed by atoms with Gasteiger partial charge in [0.25, 0.3) is 0 Å². The Morgan fingerprint density at radius 3 is 2.18 bits per heavy atom. The summed E-state index contributed by atoms with van der Waals surface area (Å²) in [5, 5.41) is 3.30. The molecule has 0 aliphatic heterocycles. The lowest BCUT2D eigenvalue weighted by molar-refractivity contribution is 0.459. The minimum Gasteiger partial charge on any atom is -0.299 e. The normalized spacial score (nSPS) is 15.3. The molecule has 0 aromatic heterocycles. The van der Waals surface area contributed by atoms with E-state index in [9.17, 15) is 0 Å². The van der Waals surface area contributed by atoms with Gasteiger partial charge < -0.3 is 0 Å².